The Morgan fingerprint density at radius 1 is 1.27 bits per heavy atom. The summed E-state index contributed by atoms with van der Waals surface area (Å²) in [5.41, 5.74) is 0.741. The molecule has 0 aromatic heterocycles. The molecule has 3 rings (SSSR count). The molecule has 3 amide bonds. The van der Waals surface area contributed by atoms with Crippen LogP contribution in [0, 0.1) is 5.92 Å². The van der Waals surface area contributed by atoms with E-state index in [0.717, 1.165) is 30.2 Å². The van der Waals surface area contributed by atoms with Gasteiger partial charge in [-0.1, -0.05) is 18.9 Å². The molecule has 1 N–H and O–H groups in total. The number of methoxy groups -OCH3 is 1. The summed E-state index contributed by atoms with van der Waals surface area (Å²) in [5, 5.41) is 2.51. The van der Waals surface area contributed by atoms with E-state index in [9.17, 15) is 14.4 Å². The molecule has 1 saturated heterocycles. The van der Waals surface area contributed by atoms with Gasteiger partial charge >= 0.3 is 0 Å². The van der Waals surface area contributed by atoms with Gasteiger partial charge in [0.2, 0.25) is 5.91 Å². The minimum Gasteiger partial charge on any atom is -0.493 e. The smallest absolute Gasteiger partial charge is 0.293 e. The van der Waals surface area contributed by atoms with Crippen molar-refractivity contribution in [2.75, 3.05) is 26.8 Å². The number of carbonyl (C=O) groups excluding carboxylic acids is 3. The van der Waals surface area contributed by atoms with Crippen molar-refractivity contribution in [3.63, 3.8) is 0 Å². The molecule has 0 unspecified atom stereocenters. The second-order valence-electron chi connectivity index (χ2n) is 7.38. The van der Waals surface area contributed by atoms with Gasteiger partial charge in [-0.2, -0.15) is 0 Å². The highest BCUT2D eigenvalue weighted by atomic mass is 32.2. The average molecular weight is 433 g/mol. The monoisotopic (exact) mass is 432 g/mol. The molecule has 1 aliphatic heterocycles. The van der Waals surface area contributed by atoms with E-state index in [-0.39, 0.29) is 30.1 Å². The number of amides is 3. The van der Waals surface area contributed by atoms with Crippen LogP contribution in [0.15, 0.2) is 23.1 Å². The van der Waals surface area contributed by atoms with E-state index in [1.165, 1.54) is 17.7 Å². The largest absolute Gasteiger partial charge is 0.493 e. The average Bonchev–Trinajstić information content (AvgIpc) is 3.32. The van der Waals surface area contributed by atoms with Crippen LogP contribution in [-0.2, 0) is 9.59 Å². The Bertz CT molecular complexity index is 833. The number of hydrogen-bond donors (Lipinski definition) is 1. The third-order valence-corrected chi connectivity index (χ3v) is 6.17. The van der Waals surface area contributed by atoms with Crippen LogP contribution in [0.5, 0.6) is 11.5 Å². The summed E-state index contributed by atoms with van der Waals surface area (Å²) < 4.78 is 10.8. The molecule has 0 radical (unpaired) electrons. The second-order valence-corrected chi connectivity index (χ2v) is 8.37. The number of nitrogens with zero attached hydrogens (tertiary/aromatic N) is 1. The maximum atomic E-state index is 12.6. The summed E-state index contributed by atoms with van der Waals surface area (Å²) in [4.78, 5) is 38.5. The number of imide groups is 1. The third kappa shape index (κ3) is 5.56. The van der Waals surface area contributed by atoms with Gasteiger partial charge in [0.05, 0.1) is 18.6 Å². The Hall–Kier alpha value is -2.48. The Labute approximate surface area is 181 Å². The van der Waals surface area contributed by atoms with Crippen molar-refractivity contribution in [3.05, 3.63) is 28.7 Å². The SMILES string of the molecule is CCOc1ccc(/C=C2/SC(=O)N(CCNC(=O)CC3CCCC3)C2=O)cc1OC. The van der Waals surface area contributed by atoms with E-state index in [0.29, 0.717) is 35.3 Å². The molecule has 0 spiro atoms. The molecule has 0 atom stereocenters. The molecule has 8 heteroatoms. The van der Waals surface area contributed by atoms with Crippen molar-refractivity contribution in [1.29, 1.82) is 0 Å². The number of thioether (sulfide) groups is 1. The van der Waals surface area contributed by atoms with E-state index in [1.807, 2.05) is 13.0 Å². The molecular formula is C22H28N2O5S. The van der Waals surface area contributed by atoms with Crippen molar-refractivity contribution < 1.29 is 23.9 Å². The third-order valence-electron chi connectivity index (χ3n) is 5.27. The van der Waals surface area contributed by atoms with Crippen molar-refractivity contribution in [2.24, 2.45) is 5.92 Å². The van der Waals surface area contributed by atoms with Crippen LogP contribution in [0.4, 0.5) is 4.79 Å². The molecule has 7 nitrogen and oxygen atoms in total. The quantitative estimate of drug-likeness (QED) is 0.597. The zero-order chi connectivity index (χ0) is 21.5. The highest BCUT2D eigenvalue weighted by molar-refractivity contribution is 8.18. The van der Waals surface area contributed by atoms with E-state index < -0.39 is 0 Å². The Morgan fingerprint density at radius 3 is 2.73 bits per heavy atom. The van der Waals surface area contributed by atoms with E-state index in [4.69, 9.17) is 9.47 Å². The van der Waals surface area contributed by atoms with Gasteiger partial charge in [-0.15, -0.1) is 0 Å². The maximum Gasteiger partial charge on any atom is 0.293 e. The summed E-state index contributed by atoms with van der Waals surface area (Å²) in [6.07, 6.45) is 6.81. The van der Waals surface area contributed by atoms with Gasteiger partial charge in [-0.3, -0.25) is 19.3 Å². The molecule has 1 saturated carbocycles. The first-order valence-electron chi connectivity index (χ1n) is 10.3. The molecule has 1 heterocycles. The molecule has 1 aliphatic carbocycles. The fourth-order valence-corrected chi connectivity index (χ4v) is 4.61. The number of nitrogens with one attached hydrogen (secondary N) is 1. The topological polar surface area (TPSA) is 84.9 Å². The van der Waals surface area contributed by atoms with Gasteiger partial charge in [0.25, 0.3) is 11.1 Å². The first-order valence-corrected chi connectivity index (χ1v) is 11.2. The van der Waals surface area contributed by atoms with E-state index in [1.54, 1.807) is 25.3 Å². The lowest BCUT2D eigenvalue weighted by molar-refractivity contribution is -0.124. The highest BCUT2D eigenvalue weighted by Crippen LogP contribution is 2.34. The first-order chi connectivity index (χ1) is 14.5. The van der Waals surface area contributed by atoms with Crippen LogP contribution in [0.2, 0.25) is 0 Å². The lowest BCUT2D eigenvalue weighted by Crippen LogP contribution is -2.37. The van der Waals surface area contributed by atoms with Crippen LogP contribution in [0.1, 0.15) is 44.6 Å². The Balaban J connectivity index is 1.56. The standard InChI is InChI=1S/C22H28N2O5S/c1-3-29-17-9-8-16(12-18(17)28-2)13-19-21(26)24(22(27)30-19)11-10-23-20(25)14-15-6-4-5-7-15/h8-9,12-13,15H,3-7,10-11,14H2,1-2H3,(H,23,25)/b19-13+. The highest BCUT2D eigenvalue weighted by Gasteiger charge is 2.34. The van der Waals surface area contributed by atoms with Gasteiger partial charge in [0, 0.05) is 19.5 Å². The van der Waals surface area contributed by atoms with Crippen molar-refractivity contribution in [2.45, 2.75) is 39.0 Å². The fraction of sp³-hybridized carbons (Fsp3) is 0.500. The van der Waals surface area contributed by atoms with Gasteiger partial charge in [0.15, 0.2) is 11.5 Å². The van der Waals surface area contributed by atoms with Crippen molar-refractivity contribution in [1.82, 2.24) is 10.2 Å². The number of hydrogen-bond acceptors (Lipinski definition) is 6. The lowest BCUT2D eigenvalue weighted by Gasteiger charge is -2.14. The van der Waals surface area contributed by atoms with Gasteiger partial charge in [-0.25, -0.2) is 0 Å². The van der Waals surface area contributed by atoms with Gasteiger partial charge in [0.1, 0.15) is 0 Å². The molecule has 30 heavy (non-hydrogen) atoms. The van der Waals surface area contributed by atoms with Crippen LogP contribution < -0.4 is 14.8 Å². The molecule has 1 aromatic carbocycles. The second kappa shape index (κ2) is 10.5. The van der Waals surface area contributed by atoms with Crippen LogP contribution in [0.3, 0.4) is 0 Å². The predicted octanol–water partition coefficient (Wildman–Crippen LogP) is 3.83. The Kier molecular flexibility index (Phi) is 7.79. The number of ether oxygens (including phenoxy) is 2. The molecule has 162 valence electrons. The predicted molar refractivity (Wildman–Crippen MR) is 116 cm³/mol. The zero-order valence-corrected chi connectivity index (χ0v) is 18.3. The van der Waals surface area contributed by atoms with E-state index >= 15 is 0 Å². The first kappa shape index (κ1) is 22.2. The minimum absolute atomic E-state index is 0.00843. The molecule has 1 aromatic rings. The Morgan fingerprint density at radius 2 is 2.03 bits per heavy atom. The van der Waals surface area contributed by atoms with Crippen molar-refractivity contribution >= 4 is 34.9 Å². The lowest BCUT2D eigenvalue weighted by atomic mass is 10.0. The van der Waals surface area contributed by atoms with Crippen molar-refractivity contribution in [3.8, 4) is 11.5 Å². The summed E-state index contributed by atoms with van der Waals surface area (Å²) in [6, 6.07) is 5.35. The number of carbonyl (C=O) groups is 3. The number of rotatable bonds is 9. The molecular weight excluding hydrogens is 404 g/mol. The molecule has 2 fully saturated rings. The zero-order valence-electron chi connectivity index (χ0n) is 17.4. The summed E-state index contributed by atoms with van der Waals surface area (Å²) in [7, 11) is 1.55. The minimum atomic E-state index is -0.345. The van der Waals surface area contributed by atoms with Crippen LogP contribution >= 0.6 is 11.8 Å². The number of benzene rings is 1. The molecule has 2 aliphatic rings. The summed E-state index contributed by atoms with van der Waals surface area (Å²) in [6.45, 7) is 2.85. The maximum absolute atomic E-state index is 12.6. The fourth-order valence-electron chi connectivity index (χ4n) is 3.75. The van der Waals surface area contributed by atoms with Gasteiger partial charge in [-0.05, 0) is 61.2 Å². The van der Waals surface area contributed by atoms with Crippen LogP contribution in [-0.4, -0.2) is 48.8 Å². The normalized spacial score (nSPS) is 18.3. The van der Waals surface area contributed by atoms with Crippen LogP contribution in [0.25, 0.3) is 6.08 Å². The van der Waals surface area contributed by atoms with Gasteiger partial charge < -0.3 is 14.8 Å². The summed E-state index contributed by atoms with van der Waals surface area (Å²) in [5.74, 6) is 1.30. The summed E-state index contributed by atoms with van der Waals surface area (Å²) >= 11 is 0.903. The van der Waals surface area contributed by atoms with E-state index in [2.05, 4.69) is 5.32 Å². The molecule has 0 bridgehead atoms.